The van der Waals surface area contributed by atoms with Gasteiger partial charge < -0.3 is 9.64 Å². The zero-order chi connectivity index (χ0) is 13.3. The topological polar surface area (TPSA) is 92.4 Å². The smallest absolute Gasteiger partial charge is 0.275 e. The summed E-state index contributed by atoms with van der Waals surface area (Å²) in [7, 11) is 1.31. The summed E-state index contributed by atoms with van der Waals surface area (Å²) in [5.41, 5.74) is 0.0889. The normalized spacial score (nSPS) is 16.9. The van der Waals surface area contributed by atoms with Gasteiger partial charge in [0.25, 0.3) is 15.0 Å². The van der Waals surface area contributed by atoms with Crippen LogP contribution in [0.5, 0.6) is 0 Å². The van der Waals surface area contributed by atoms with Crippen molar-refractivity contribution in [1.29, 1.82) is 0 Å². The number of aryl methyl sites for hydroxylation is 1. The summed E-state index contributed by atoms with van der Waals surface area (Å²) in [4.78, 5) is 13.4. The van der Waals surface area contributed by atoms with Gasteiger partial charge in [-0.3, -0.25) is 9.89 Å². The lowest BCUT2D eigenvalue weighted by Gasteiger charge is -2.26. The first-order valence-electron chi connectivity index (χ1n) is 5.28. The third-order valence-corrected chi connectivity index (χ3v) is 4.09. The number of nitrogens with one attached hydrogen (secondary N) is 1. The van der Waals surface area contributed by atoms with E-state index in [0.29, 0.717) is 26.3 Å². The third-order valence-electron chi connectivity index (χ3n) is 2.64. The highest BCUT2D eigenvalue weighted by atomic mass is 35.7. The predicted octanol–water partition coefficient (Wildman–Crippen LogP) is 0.118. The van der Waals surface area contributed by atoms with Gasteiger partial charge in [-0.15, -0.1) is 0 Å². The summed E-state index contributed by atoms with van der Waals surface area (Å²) < 4.78 is 28.0. The molecule has 2 rings (SSSR count). The highest BCUT2D eigenvalue weighted by Crippen LogP contribution is 2.23. The highest BCUT2D eigenvalue weighted by Gasteiger charge is 2.30. The average molecular weight is 294 g/mol. The van der Waals surface area contributed by atoms with Gasteiger partial charge in [-0.2, -0.15) is 5.10 Å². The summed E-state index contributed by atoms with van der Waals surface area (Å²) in [6.45, 7) is 3.17. The van der Waals surface area contributed by atoms with E-state index in [9.17, 15) is 13.2 Å². The molecule has 1 N–H and O–H groups in total. The maximum Gasteiger partial charge on any atom is 0.275 e. The number of hydrogen-bond donors (Lipinski definition) is 1. The van der Waals surface area contributed by atoms with Gasteiger partial charge >= 0.3 is 0 Å². The number of hydrogen-bond acceptors (Lipinski definition) is 5. The fourth-order valence-corrected chi connectivity index (χ4v) is 3.12. The standard InChI is InChI=1S/C9H12ClN3O4S/c1-6-8(18(10,15)16)7(12-11-6)9(14)13-2-4-17-5-3-13/h2-5H2,1H3,(H,11,12). The van der Waals surface area contributed by atoms with E-state index in [1.807, 2.05) is 0 Å². The van der Waals surface area contributed by atoms with E-state index in [1.165, 1.54) is 11.8 Å². The van der Waals surface area contributed by atoms with Gasteiger partial charge in [0.2, 0.25) is 0 Å². The Morgan fingerprint density at radius 2 is 2.06 bits per heavy atom. The summed E-state index contributed by atoms with van der Waals surface area (Å²) >= 11 is 0. The molecule has 0 atom stereocenters. The Morgan fingerprint density at radius 3 is 2.61 bits per heavy atom. The van der Waals surface area contributed by atoms with Crippen LogP contribution in [0.2, 0.25) is 0 Å². The summed E-state index contributed by atoms with van der Waals surface area (Å²) in [6, 6.07) is 0. The molecule has 100 valence electrons. The molecule has 9 heteroatoms. The molecule has 1 aromatic rings. The molecule has 1 aromatic heterocycles. The van der Waals surface area contributed by atoms with E-state index in [1.54, 1.807) is 0 Å². The van der Waals surface area contributed by atoms with Crippen molar-refractivity contribution in [2.75, 3.05) is 26.3 Å². The molecule has 1 saturated heterocycles. The monoisotopic (exact) mass is 293 g/mol. The lowest BCUT2D eigenvalue weighted by atomic mass is 10.3. The Morgan fingerprint density at radius 1 is 1.44 bits per heavy atom. The molecule has 0 spiro atoms. The number of aromatic nitrogens is 2. The van der Waals surface area contributed by atoms with Crippen LogP contribution in [0, 0.1) is 6.92 Å². The van der Waals surface area contributed by atoms with Crippen LogP contribution in [-0.4, -0.2) is 55.7 Å². The van der Waals surface area contributed by atoms with Gasteiger partial charge in [-0.25, -0.2) is 8.42 Å². The summed E-state index contributed by atoms with van der Waals surface area (Å²) in [5.74, 6) is -0.457. The van der Waals surface area contributed by atoms with E-state index in [4.69, 9.17) is 15.4 Å². The van der Waals surface area contributed by atoms with E-state index < -0.39 is 15.0 Å². The zero-order valence-electron chi connectivity index (χ0n) is 9.64. The molecule has 0 radical (unpaired) electrons. The molecule has 0 saturated carbocycles. The molecule has 0 unspecified atom stereocenters. The molecule has 2 heterocycles. The van der Waals surface area contributed by atoms with E-state index in [-0.39, 0.29) is 16.3 Å². The van der Waals surface area contributed by atoms with Crippen LogP contribution in [0.4, 0.5) is 0 Å². The van der Waals surface area contributed by atoms with Crippen LogP contribution >= 0.6 is 10.7 Å². The number of halogens is 1. The third kappa shape index (κ3) is 2.50. The minimum absolute atomic E-state index is 0.163. The number of rotatable bonds is 2. The van der Waals surface area contributed by atoms with Crippen molar-refractivity contribution >= 4 is 25.6 Å². The Labute approximate surface area is 108 Å². The second-order valence-electron chi connectivity index (χ2n) is 3.87. The summed E-state index contributed by atoms with van der Waals surface area (Å²) in [5, 5.41) is 6.21. The highest BCUT2D eigenvalue weighted by molar-refractivity contribution is 8.13. The SMILES string of the molecule is Cc1[nH]nc(C(=O)N2CCOCC2)c1S(=O)(=O)Cl. The Bertz CT molecular complexity index is 562. The van der Waals surface area contributed by atoms with Crippen molar-refractivity contribution in [3.63, 3.8) is 0 Å². The number of carbonyl (C=O) groups excluding carboxylic acids is 1. The second kappa shape index (κ2) is 4.87. The van der Waals surface area contributed by atoms with Crippen LogP contribution in [0.15, 0.2) is 4.90 Å². The lowest BCUT2D eigenvalue weighted by molar-refractivity contribution is 0.0296. The number of morpholine rings is 1. The zero-order valence-corrected chi connectivity index (χ0v) is 11.2. The van der Waals surface area contributed by atoms with Crippen LogP contribution < -0.4 is 0 Å². The van der Waals surface area contributed by atoms with Crippen LogP contribution in [0.1, 0.15) is 16.2 Å². The molecule has 0 aromatic carbocycles. The van der Waals surface area contributed by atoms with Crippen molar-refractivity contribution < 1.29 is 17.9 Å². The van der Waals surface area contributed by atoms with E-state index >= 15 is 0 Å². The number of amides is 1. The maximum absolute atomic E-state index is 12.1. The minimum Gasteiger partial charge on any atom is -0.378 e. The largest absolute Gasteiger partial charge is 0.378 e. The van der Waals surface area contributed by atoms with E-state index in [0.717, 1.165) is 0 Å². The number of nitrogens with zero attached hydrogens (tertiary/aromatic N) is 2. The van der Waals surface area contributed by atoms with Gasteiger partial charge in [-0.05, 0) is 6.92 Å². The van der Waals surface area contributed by atoms with Gasteiger partial charge in [0.05, 0.1) is 18.9 Å². The first-order valence-corrected chi connectivity index (χ1v) is 7.59. The van der Waals surface area contributed by atoms with Crippen molar-refractivity contribution in [3.05, 3.63) is 11.4 Å². The maximum atomic E-state index is 12.1. The predicted molar refractivity (Wildman–Crippen MR) is 63.1 cm³/mol. The molecule has 1 aliphatic heterocycles. The first kappa shape index (κ1) is 13.3. The van der Waals surface area contributed by atoms with Gasteiger partial charge in [0.1, 0.15) is 4.90 Å². The Kier molecular flexibility index (Phi) is 3.60. The molecule has 1 fully saturated rings. The fourth-order valence-electron chi connectivity index (χ4n) is 1.78. The van der Waals surface area contributed by atoms with Crippen LogP contribution in [0.25, 0.3) is 0 Å². The van der Waals surface area contributed by atoms with Crippen molar-refractivity contribution in [2.45, 2.75) is 11.8 Å². The first-order chi connectivity index (χ1) is 8.41. The number of carbonyl (C=O) groups is 1. The molecule has 1 aliphatic rings. The fraction of sp³-hybridized carbons (Fsp3) is 0.556. The number of aromatic amines is 1. The van der Waals surface area contributed by atoms with Crippen molar-refractivity contribution in [1.82, 2.24) is 15.1 Å². The second-order valence-corrected chi connectivity index (χ2v) is 6.37. The Hall–Kier alpha value is -1.12. The van der Waals surface area contributed by atoms with Crippen LogP contribution in [0.3, 0.4) is 0 Å². The van der Waals surface area contributed by atoms with Crippen LogP contribution in [-0.2, 0) is 13.8 Å². The summed E-state index contributed by atoms with van der Waals surface area (Å²) in [6.07, 6.45) is 0. The van der Waals surface area contributed by atoms with Crippen molar-refractivity contribution in [3.8, 4) is 0 Å². The van der Waals surface area contributed by atoms with Gasteiger partial charge in [-0.1, -0.05) is 0 Å². The average Bonchev–Trinajstić information content (AvgIpc) is 2.71. The number of ether oxygens (including phenoxy) is 1. The minimum atomic E-state index is -4.00. The van der Waals surface area contributed by atoms with Gasteiger partial charge in [0, 0.05) is 23.8 Å². The quantitative estimate of drug-likeness (QED) is 0.782. The van der Waals surface area contributed by atoms with E-state index in [2.05, 4.69) is 10.2 Å². The van der Waals surface area contributed by atoms with Gasteiger partial charge in [0.15, 0.2) is 5.69 Å². The molecule has 1 amide bonds. The molecule has 0 bridgehead atoms. The molecule has 18 heavy (non-hydrogen) atoms. The molecule has 0 aliphatic carbocycles. The molecular formula is C9H12ClN3O4S. The molecule has 7 nitrogen and oxygen atoms in total. The number of H-pyrrole nitrogens is 1. The lowest BCUT2D eigenvalue weighted by Crippen LogP contribution is -2.41. The molecular weight excluding hydrogens is 282 g/mol. The van der Waals surface area contributed by atoms with Crippen molar-refractivity contribution in [2.24, 2.45) is 0 Å². The Balaban J connectivity index is 2.36.